The van der Waals surface area contributed by atoms with Gasteiger partial charge in [0.25, 0.3) is 11.6 Å². The first kappa shape index (κ1) is 20.4. The molecule has 8 heteroatoms. The zero-order chi connectivity index (χ0) is 22.0. The zero-order valence-corrected chi connectivity index (χ0v) is 17.1. The van der Waals surface area contributed by atoms with Gasteiger partial charge < -0.3 is 16.0 Å². The molecule has 4 N–H and O–H groups in total. The van der Waals surface area contributed by atoms with Crippen LogP contribution in [0, 0.1) is 10.1 Å². The minimum absolute atomic E-state index is 0.00860. The van der Waals surface area contributed by atoms with Crippen molar-refractivity contribution in [2.45, 2.75) is 5.92 Å². The third kappa shape index (κ3) is 4.08. The van der Waals surface area contributed by atoms with Crippen LogP contribution in [0.2, 0.25) is 5.02 Å². The number of amides is 1. The van der Waals surface area contributed by atoms with Crippen molar-refractivity contribution in [2.24, 2.45) is 0 Å². The van der Waals surface area contributed by atoms with Crippen molar-refractivity contribution >= 4 is 39.8 Å². The monoisotopic (exact) mass is 434 g/mol. The summed E-state index contributed by atoms with van der Waals surface area (Å²) < 4.78 is 0. The average Bonchev–Trinajstić information content (AvgIpc) is 3.19. The maximum absolute atomic E-state index is 12.8. The number of nitrogens with zero attached hydrogens (tertiary/aromatic N) is 1. The quantitative estimate of drug-likeness (QED) is 0.228. The van der Waals surface area contributed by atoms with E-state index < -0.39 is 10.8 Å². The van der Waals surface area contributed by atoms with E-state index in [1.54, 1.807) is 0 Å². The van der Waals surface area contributed by atoms with E-state index in [9.17, 15) is 14.9 Å². The van der Waals surface area contributed by atoms with Gasteiger partial charge in [-0.2, -0.15) is 0 Å². The number of aromatic nitrogens is 1. The van der Waals surface area contributed by atoms with Gasteiger partial charge in [-0.1, -0.05) is 48.0 Å². The maximum Gasteiger partial charge on any atom is 0.292 e. The molecule has 1 unspecified atom stereocenters. The molecule has 1 atom stereocenters. The van der Waals surface area contributed by atoms with Gasteiger partial charge in [-0.25, -0.2) is 0 Å². The van der Waals surface area contributed by atoms with E-state index in [0.717, 1.165) is 22.0 Å². The molecule has 1 amide bonds. The van der Waals surface area contributed by atoms with E-state index in [1.165, 1.54) is 18.2 Å². The topological polar surface area (TPSA) is 114 Å². The summed E-state index contributed by atoms with van der Waals surface area (Å²) in [5.41, 5.74) is 8.35. The summed E-state index contributed by atoms with van der Waals surface area (Å²) in [7, 11) is 0. The second kappa shape index (κ2) is 8.49. The molecule has 31 heavy (non-hydrogen) atoms. The molecule has 4 aromatic rings. The van der Waals surface area contributed by atoms with E-state index in [-0.39, 0.29) is 29.4 Å². The van der Waals surface area contributed by atoms with Crippen molar-refractivity contribution in [3.63, 3.8) is 0 Å². The van der Waals surface area contributed by atoms with E-state index in [2.05, 4.69) is 10.3 Å². The van der Waals surface area contributed by atoms with Crippen LogP contribution in [-0.4, -0.2) is 22.4 Å². The Kier molecular flexibility index (Phi) is 5.60. The number of hydrogen-bond acceptors (Lipinski definition) is 4. The Balaban J connectivity index is 1.66. The molecule has 0 radical (unpaired) electrons. The summed E-state index contributed by atoms with van der Waals surface area (Å²) in [6.07, 6.45) is 1.92. The van der Waals surface area contributed by atoms with Gasteiger partial charge in [0.2, 0.25) is 0 Å². The lowest BCUT2D eigenvalue weighted by Gasteiger charge is -2.19. The van der Waals surface area contributed by atoms with Crippen LogP contribution in [0.1, 0.15) is 27.4 Å². The number of para-hydroxylation sites is 1. The van der Waals surface area contributed by atoms with Crippen LogP contribution in [0.15, 0.2) is 72.9 Å². The van der Waals surface area contributed by atoms with Crippen LogP contribution in [-0.2, 0) is 0 Å². The number of fused-ring (bicyclic) bond motifs is 1. The minimum atomic E-state index is -0.607. The zero-order valence-electron chi connectivity index (χ0n) is 16.3. The lowest BCUT2D eigenvalue weighted by Crippen LogP contribution is -2.29. The van der Waals surface area contributed by atoms with Crippen LogP contribution < -0.4 is 11.1 Å². The van der Waals surface area contributed by atoms with Crippen LogP contribution in [0.3, 0.4) is 0 Å². The highest BCUT2D eigenvalue weighted by atomic mass is 35.5. The third-order valence-electron chi connectivity index (χ3n) is 5.23. The SMILES string of the molecule is Nc1ccc(C(=O)NCC(c2ccccc2Cl)c2c[nH]c3ccccc23)cc1[N+](=O)[O-]. The number of H-pyrrole nitrogens is 1. The third-order valence-corrected chi connectivity index (χ3v) is 5.58. The number of nitrogens with one attached hydrogen (secondary N) is 2. The van der Waals surface area contributed by atoms with Crippen LogP contribution >= 0.6 is 11.6 Å². The number of carbonyl (C=O) groups is 1. The number of nitrogen functional groups attached to an aromatic ring is 1. The fraction of sp³-hybridized carbons (Fsp3) is 0.0870. The number of anilines is 1. The second-order valence-corrected chi connectivity index (χ2v) is 7.51. The summed E-state index contributed by atoms with van der Waals surface area (Å²) in [6.45, 7) is 0.253. The summed E-state index contributed by atoms with van der Waals surface area (Å²) in [5.74, 6) is -0.655. The van der Waals surface area contributed by atoms with Gasteiger partial charge in [-0.05, 0) is 35.4 Å². The van der Waals surface area contributed by atoms with Crippen molar-refractivity contribution in [1.29, 1.82) is 0 Å². The molecule has 1 aromatic heterocycles. The standard InChI is InChI=1S/C23H19ClN4O3/c24-19-7-3-1-5-15(19)17(18-12-26-21-8-4-2-6-16(18)21)13-27-23(29)14-9-10-20(25)22(11-14)28(30)31/h1-12,17,26H,13,25H2,(H,27,29). The summed E-state index contributed by atoms with van der Waals surface area (Å²) >= 11 is 6.48. The lowest BCUT2D eigenvalue weighted by atomic mass is 9.90. The molecular formula is C23H19ClN4O3. The first-order valence-corrected chi connectivity index (χ1v) is 9.96. The molecule has 3 aromatic carbocycles. The van der Waals surface area contributed by atoms with Crippen molar-refractivity contribution in [3.8, 4) is 0 Å². The normalized spacial score (nSPS) is 11.9. The summed E-state index contributed by atoms with van der Waals surface area (Å²) in [5, 5.41) is 15.7. The molecule has 0 aliphatic rings. The smallest absolute Gasteiger partial charge is 0.292 e. The molecule has 0 aliphatic heterocycles. The number of nitro groups is 1. The summed E-state index contributed by atoms with van der Waals surface area (Å²) in [4.78, 5) is 26.6. The average molecular weight is 435 g/mol. The molecule has 4 rings (SSSR count). The molecule has 1 heterocycles. The molecule has 0 saturated heterocycles. The molecule has 0 aliphatic carbocycles. The highest BCUT2D eigenvalue weighted by Gasteiger charge is 2.22. The van der Waals surface area contributed by atoms with Crippen molar-refractivity contribution in [2.75, 3.05) is 12.3 Å². The van der Waals surface area contributed by atoms with E-state index in [1.807, 2.05) is 54.7 Å². The van der Waals surface area contributed by atoms with Crippen LogP contribution in [0.5, 0.6) is 0 Å². The Labute approximate surface area is 183 Å². The van der Waals surface area contributed by atoms with Crippen molar-refractivity contribution in [1.82, 2.24) is 10.3 Å². The first-order valence-electron chi connectivity index (χ1n) is 9.58. The van der Waals surface area contributed by atoms with Gasteiger partial charge in [0.05, 0.1) is 4.92 Å². The molecule has 0 saturated carbocycles. The largest absolute Gasteiger partial charge is 0.393 e. The Morgan fingerprint density at radius 1 is 1.10 bits per heavy atom. The van der Waals surface area contributed by atoms with E-state index in [4.69, 9.17) is 17.3 Å². The lowest BCUT2D eigenvalue weighted by molar-refractivity contribution is -0.383. The molecule has 0 fully saturated rings. The fourth-order valence-electron chi connectivity index (χ4n) is 3.67. The highest BCUT2D eigenvalue weighted by molar-refractivity contribution is 6.31. The van der Waals surface area contributed by atoms with E-state index >= 15 is 0 Å². The Morgan fingerprint density at radius 2 is 1.84 bits per heavy atom. The number of nitro benzene ring substituents is 1. The molecular weight excluding hydrogens is 416 g/mol. The Morgan fingerprint density at radius 3 is 2.61 bits per heavy atom. The number of halogens is 1. The predicted molar refractivity (Wildman–Crippen MR) is 121 cm³/mol. The first-order chi connectivity index (χ1) is 15.0. The van der Waals surface area contributed by atoms with Gasteiger partial charge in [0, 0.05) is 46.2 Å². The number of nitrogens with two attached hydrogens (primary N) is 1. The minimum Gasteiger partial charge on any atom is -0.393 e. The number of aromatic amines is 1. The van der Waals surface area contributed by atoms with Gasteiger partial charge >= 0.3 is 0 Å². The van der Waals surface area contributed by atoms with Gasteiger partial charge in [-0.15, -0.1) is 0 Å². The summed E-state index contributed by atoms with van der Waals surface area (Å²) in [6, 6.07) is 19.4. The van der Waals surface area contributed by atoms with E-state index in [0.29, 0.717) is 5.02 Å². The Hall–Kier alpha value is -3.84. The number of benzene rings is 3. The Bertz CT molecular complexity index is 1280. The molecule has 156 valence electrons. The highest BCUT2D eigenvalue weighted by Crippen LogP contribution is 2.34. The number of hydrogen-bond donors (Lipinski definition) is 3. The van der Waals surface area contributed by atoms with Gasteiger partial charge in [-0.3, -0.25) is 14.9 Å². The molecule has 7 nitrogen and oxygen atoms in total. The molecule has 0 spiro atoms. The molecule has 0 bridgehead atoms. The maximum atomic E-state index is 12.8. The fourth-order valence-corrected chi connectivity index (χ4v) is 3.93. The predicted octanol–water partition coefficient (Wildman–Crippen LogP) is 4.87. The van der Waals surface area contributed by atoms with Gasteiger partial charge in [0.15, 0.2) is 0 Å². The van der Waals surface area contributed by atoms with Crippen LogP contribution in [0.4, 0.5) is 11.4 Å². The van der Waals surface area contributed by atoms with Gasteiger partial charge in [0.1, 0.15) is 5.69 Å². The second-order valence-electron chi connectivity index (χ2n) is 7.10. The number of carbonyl (C=O) groups excluding carboxylic acids is 1. The van der Waals surface area contributed by atoms with Crippen LogP contribution in [0.25, 0.3) is 10.9 Å². The van der Waals surface area contributed by atoms with Crippen molar-refractivity contribution in [3.05, 3.63) is 105 Å². The number of rotatable bonds is 6. The van der Waals surface area contributed by atoms with Crippen molar-refractivity contribution < 1.29 is 9.72 Å².